The summed E-state index contributed by atoms with van der Waals surface area (Å²) in [5.41, 5.74) is 5.95. The third-order valence-electron chi connectivity index (χ3n) is 8.41. The lowest BCUT2D eigenvalue weighted by atomic mass is 9.65. The molecular weight excluding hydrogens is 552 g/mol. The molecule has 0 amide bonds. The van der Waals surface area contributed by atoms with Gasteiger partial charge in [0.25, 0.3) is 5.69 Å². The standard InChI is InChI=1S/C32H26N4O7/c1-41-26-11-16(12-27(42-2)31(26)37)28-19-13-24-25(35-23-6-4-3-5-22(23)34-24)14-20(19)30(21-15-43-32(38)29(21)28)33-17-7-9-18(10-8-17)36(39)40/h3-14,21,28-30,33,37H,15H2,1-2H3/t21-,28+,29-,30+/m0/s1. The number of phenolic OH excluding ortho intramolecular Hbond substituents is 1. The Morgan fingerprint density at radius 2 is 1.51 bits per heavy atom. The normalized spacial score (nSPS) is 20.7. The van der Waals surface area contributed by atoms with Gasteiger partial charge in [0.2, 0.25) is 5.75 Å². The molecule has 2 N–H and O–H groups in total. The summed E-state index contributed by atoms with van der Waals surface area (Å²) < 4.78 is 16.6. The van der Waals surface area contributed by atoms with Gasteiger partial charge in [-0.1, -0.05) is 12.1 Å². The third kappa shape index (κ3) is 4.32. The molecule has 2 aliphatic rings. The van der Waals surface area contributed by atoms with Crippen molar-refractivity contribution in [3.63, 3.8) is 0 Å². The lowest BCUT2D eigenvalue weighted by Gasteiger charge is -2.40. The van der Waals surface area contributed by atoms with E-state index in [2.05, 4.69) is 5.32 Å². The SMILES string of the molecule is COc1cc([C@@H]2c3cc4nc5ccccc5nc4cc3[C@@H](Nc3ccc([N+](=O)[O-])cc3)[C@H]3COC(=O)[C@H]23)cc(OC)c1O. The Balaban J connectivity index is 1.46. The van der Waals surface area contributed by atoms with Crippen molar-refractivity contribution in [2.75, 3.05) is 26.1 Å². The van der Waals surface area contributed by atoms with E-state index in [1.165, 1.54) is 26.4 Å². The minimum Gasteiger partial charge on any atom is -0.502 e. The van der Waals surface area contributed by atoms with E-state index < -0.39 is 16.8 Å². The van der Waals surface area contributed by atoms with Crippen molar-refractivity contribution in [2.24, 2.45) is 11.8 Å². The van der Waals surface area contributed by atoms with Gasteiger partial charge in [-0.25, -0.2) is 9.97 Å². The fourth-order valence-corrected chi connectivity index (χ4v) is 6.43. The highest BCUT2D eigenvalue weighted by Crippen LogP contribution is 2.54. The topological polar surface area (TPSA) is 146 Å². The van der Waals surface area contributed by atoms with Crippen LogP contribution in [-0.4, -0.2) is 46.8 Å². The fourth-order valence-electron chi connectivity index (χ4n) is 6.43. The number of nitro benzene ring substituents is 1. The van der Waals surface area contributed by atoms with Crippen molar-refractivity contribution in [1.29, 1.82) is 0 Å². The van der Waals surface area contributed by atoms with Gasteiger partial charge >= 0.3 is 5.97 Å². The van der Waals surface area contributed by atoms with Crippen LogP contribution in [0.1, 0.15) is 28.7 Å². The number of non-ortho nitro benzene ring substituents is 1. The summed E-state index contributed by atoms with van der Waals surface area (Å²) >= 11 is 0. The maximum Gasteiger partial charge on any atom is 0.310 e. The van der Waals surface area contributed by atoms with E-state index in [1.807, 2.05) is 36.4 Å². The molecule has 11 heteroatoms. The summed E-state index contributed by atoms with van der Waals surface area (Å²) in [5.74, 6) is -1.40. The molecule has 4 atom stereocenters. The zero-order chi connectivity index (χ0) is 29.8. The molecule has 1 fully saturated rings. The third-order valence-corrected chi connectivity index (χ3v) is 8.41. The summed E-state index contributed by atoms with van der Waals surface area (Å²) in [4.78, 5) is 34.0. The van der Waals surface area contributed by atoms with E-state index in [0.29, 0.717) is 22.3 Å². The molecule has 0 radical (unpaired) electrons. The van der Waals surface area contributed by atoms with E-state index >= 15 is 0 Å². The van der Waals surface area contributed by atoms with Crippen LogP contribution in [0.4, 0.5) is 11.4 Å². The first-order valence-corrected chi connectivity index (χ1v) is 13.7. The van der Waals surface area contributed by atoms with Gasteiger partial charge in [0.1, 0.15) is 0 Å². The largest absolute Gasteiger partial charge is 0.502 e. The predicted octanol–water partition coefficient (Wildman–Crippen LogP) is 5.50. The number of carbonyl (C=O) groups excluding carboxylic acids is 1. The highest BCUT2D eigenvalue weighted by Gasteiger charge is 2.52. The van der Waals surface area contributed by atoms with Crippen LogP contribution in [0.2, 0.25) is 0 Å². The second-order valence-corrected chi connectivity index (χ2v) is 10.7. The number of ether oxygens (including phenoxy) is 3. The zero-order valence-electron chi connectivity index (χ0n) is 23.2. The fraction of sp³-hybridized carbons (Fsp3) is 0.219. The number of rotatable bonds is 6. The quantitative estimate of drug-likeness (QED) is 0.115. The molecule has 0 spiro atoms. The number of esters is 1. The molecule has 2 heterocycles. The number of para-hydroxylation sites is 2. The van der Waals surface area contributed by atoms with Gasteiger partial charge in [-0.05, 0) is 65.2 Å². The van der Waals surface area contributed by atoms with Gasteiger partial charge in [-0.2, -0.15) is 0 Å². The Morgan fingerprint density at radius 3 is 2.09 bits per heavy atom. The number of fused-ring (bicyclic) bond motifs is 4. The summed E-state index contributed by atoms with van der Waals surface area (Å²) in [5, 5.41) is 25.4. The molecule has 5 aromatic rings. The Hall–Kier alpha value is -5.45. The zero-order valence-corrected chi connectivity index (χ0v) is 23.2. The van der Waals surface area contributed by atoms with Crippen molar-refractivity contribution >= 4 is 39.4 Å². The van der Waals surface area contributed by atoms with Crippen LogP contribution in [-0.2, 0) is 9.53 Å². The highest BCUT2D eigenvalue weighted by atomic mass is 16.6. The molecule has 11 nitrogen and oxygen atoms in total. The number of methoxy groups -OCH3 is 2. The number of nitrogens with zero attached hydrogens (tertiary/aromatic N) is 3. The van der Waals surface area contributed by atoms with E-state index in [9.17, 15) is 20.0 Å². The second-order valence-electron chi connectivity index (χ2n) is 10.7. The van der Waals surface area contributed by atoms with Crippen molar-refractivity contribution in [3.05, 3.63) is 99.6 Å². The Labute approximate surface area is 245 Å². The van der Waals surface area contributed by atoms with Crippen LogP contribution in [0, 0.1) is 22.0 Å². The Morgan fingerprint density at radius 1 is 0.907 bits per heavy atom. The predicted molar refractivity (Wildman–Crippen MR) is 157 cm³/mol. The number of anilines is 1. The minimum atomic E-state index is -0.590. The second kappa shape index (κ2) is 10.1. The average Bonchev–Trinajstić information content (AvgIpc) is 3.40. The number of hydrogen-bond acceptors (Lipinski definition) is 10. The number of aromatic nitrogens is 2. The van der Waals surface area contributed by atoms with Crippen molar-refractivity contribution in [1.82, 2.24) is 9.97 Å². The van der Waals surface area contributed by atoms with Crippen molar-refractivity contribution < 1.29 is 29.0 Å². The average molecular weight is 579 g/mol. The lowest BCUT2D eigenvalue weighted by Crippen LogP contribution is -2.37. The van der Waals surface area contributed by atoms with Crippen LogP contribution in [0.3, 0.4) is 0 Å². The van der Waals surface area contributed by atoms with Gasteiger partial charge in [-0.3, -0.25) is 14.9 Å². The lowest BCUT2D eigenvalue weighted by molar-refractivity contribution is -0.384. The minimum absolute atomic E-state index is 0.0183. The number of nitrogens with one attached hydrogen (secondary N) is 1. The number of phenols is 1. The van der Waals surface area contributed by atoms with Crippen LogP contribution < -0.4 is 14.8 Å². The van der Waals surface area contributed by atoms with Gasteiger partial charge in [0, 0.05) is 29.7 Å². The van der Waals surface area contributed by atoms with E-state index in [-0.39, 0.29) is 47.5 Å². The summed E-state index contributed by atoms with van der Waals surface area (Å²) in [7, 11) is 2.91. The van der Waals surface area contributed by atoms with E-state index in [0.717, 1.165) is 22.2 Å². The summed E-state index contributed by atoms with van der Waals surface area (Å²) in [6.07, 6.45) is 0. The maximum absolute atomic E-state index is 13.5. The molecule has 0 bridgehead atoms. The summed E-state index contributed by atoms with van der Waals surface area (Å²) in [6.45, 7) is 0.178. The molecule has 1 saturated heterocycles. The van der Waals surface area contributed by atoms with Gasteiger partial charge < -0.3 is 24.6 Å². The number of benzene rings is 4. The first kappa shape index (κ1) is 26.4. The Bertz CT molecular complexity index is 1900. The molecule has 1 aromatic heterocycles. The molecule has 1 aliphatic carbocycles. The first-order valence-electron chi connectivity index (χ1n) is 13.7. The molecule has 7 rings (SSSR count). The first-order chi connectivity index (χ1) is 20.9. The highest BCUT2D eigenvalue weighted by molar-refractivity contribution is 5.88. The number of aromatic hydroxyl groups is 1. The number of carbonyl (C=O) groups is 1. The van der Waals surface area contributed by atoms with Crippen LogP contribution in [0.5, 0.6) is 17.2 Å². The van der Waals surface area contributed by atoms with Gasteiger partial charge in [-0.15, -0.1) is 0 Å². The van der Waals surface area contributed by atoms with Gasteiger partial charge in [0.15, 0.2) is 11.5 Å². The smallest absolute Gasteiger partial charge is 0.310 e. The monoisotopic (exact) mass is 578 g/mol. The number of cyclic esters (lactones) is 1. The molecule has 0 unspecified atom stereocenters. The molecular formula is C32H26N4O7. The molecule has 216 valence electrons. The van der Waals surface area contributed by atoms with Crippen LogP contribution in [0.15, 0.2) is 72.8 Å². The summed E-state index contributed by atoms with van der Waals surface area (Å²) in [6, 6.07) is 20.8. The Kier molecular flexibility index (Phi) is 6.23. The van der Waals surface area contributed by atoms with Crippen LogP contribution in [0.25, 0.3) is 22.1 Å². The van der Waals surface area contributed by atoms with E-state index in [4.69, 9.17) is 24.2 Å². The maximum atomic E-state index is 13.5. The number of nitro groups is 1. The van der Waals surface area contributed by atoms with Crippen molar-refractivity contribution in [3.8, 4) is 17.2 Å². The van der Waals surface area contributed by atoms with Crippen molar-refractivity contribution in [2.45, 2.75) is 12.0 Å². The molecule has 43 heavy (non-hydrogen) atoms. The van der Waals surface area contributed by atoms with E-state index in [1.54, 1.807) is 24.3 Å². The van der Waals surface area contributed by atoms with Gasteiger partial charge in [0.05, 0.1) is 59.8 Å². The molecule has 4 aromatic carbocycles. The number of hydrogen-bond donors (Lipinski definition) is 2. The molecule has 1 aliphatic heterocycles. The molecule has 0 saturated carbocycles. The van der Waals surface area contributed by atoms with Crippen LogP contribution >= 0.6 is 0 Å².